The Balaban J connectivity index is 1.62. The molecule has 0 unspecified atom stereocenters. The number of hydrogen-bond donors (Lipinski definition) is 0. The molecule has 1 aliphatic rings. The third-order valence-corrected chi connectivity index (χ3v) is 7.31. The molecule has 168 valence electrons. The van der Waals surface area contributed by atoms with E-state index in [9.17, 15) is 13.2 Å². The highest BCUT2D eigenvalue weighted by Gasteiger charge is 2.37. The number of alkyl halides is 3. The van der Waals surface area contributed by atoms with Crippen LogP contribution in [-0.4, -0.2) is 30.7 Å². The van der Waals surface area contributed by atoms with Crippen LogP contribution < -0.4 is 0 Å². The van der Waals surface area contributed by atoms with Gasteiger partial charge in [-0.1, -0.05) is 72.8 Å². The molecule has 1 saturated heterocycles. The van der Waals surface area contributed by atoms with Crippen molar-refractivity contribution in [2.45, 2.75) is 35.4 Å². The van der Waals surface area contributed by atoms with E-state index in [1.807, 2.05) is 48.5 Å². The van der Waals surface area contributed by atoms with Gasteiger partial charge in [0.25, 0.3) is 0 Å². The minimum Gasteiger partial charge on any atom is -0.374 e. The number of halogens is 3. The summed E-state index contributed by atoms with van der Waals surface area (Å²) in [5.74, 6) is 0. The molecular weight excluding hydrogens is 431 g/mol. The van der Waals surface area contributed by atoms with E-state index in [1.54, 1.807) is 12.1 Å². The molecule has 1 aliphatic heterocycles. The number of benzene rings is 3. The maximum absolute atomic E-state index is 13.6. The predicted molar refractivity (Wildman–Crippen MR) is 123 cm³/mol. The molecule has 4 rings (SSSR count). The molecule has 32 heavy (non-hydrogen) atoms. The Hall–Kier alpha value is -2.28. The van der Waals surface area contributed by atoms with Crippen molar-refractivity contribution in [3.05, 3.63) is 102 Å². The third kappa shape index (κ3) is 5.37. The van der Waals surface area contributed by atoms with Gasteiger partial charge in [-0.15, -0.1) is 11.8 Å². The van der Waals surface area contributed by atoms with Gasteiger partial charge in [0, 0.05) is 24.0 Å². The lowest BCUT2D eigenvalue weighted by molar-refractivity contribution is -0.139. The van der Waals surface area contributed by atoms with Gasteiger partial charge in [-0.25, -0.2) is 0 Å². The summed E-state index contributed by atoms with van der Waals surface area (Å²) in [6.07, 6.45) is -4.63. The molecule has 1 heterocycles. The summed E-state index contributed by atoms with van der Waals surface area (Å²) < 4.78 is 47.1. The molecule has 1 fully saturated rings. The van der Waals surface area contributed by atoms with Crippen LogP contribution in [0.1, 0.15) is 34.9 Å². The fraction of sp³-hybridized carbons (Fsp3) is 0.308. The smallest absolute Gasteiger partial charge is 0.374 e. The summed E-state index contributed by atoms with van der Waals surface area (Å²) in [6.45, 7) is 4.16. The molecule has 0 N–H and O–H groups in total. The minimum atomic E-state index is -4.40. The van der Waals surface area contributed by atoms with Gasteiger partial charge >= 0.3 is 6.18 Å². The van der Waals surface area contributed by atoms with E-state index in [4.69, 9.17) is 4.74 Å². The van der Waals surface area contributed by atoms with Crippen molar-refractivity contribution in [2.24, 2.45) is 0 Å². The van der Waals surface area contributed by atoms with Gasteiger partial charge in [0.05, 0.1) is 23.5 Å². The van der Waals surface area contributed by atoms with Gasteiger partial charge in [-0.05, 0) is 30.2 Å². The summed E-state index contributed by atoms with van der Waals surface area (Å²) in [4.78, 5) is 2.58. The lowest BCUT2D eigenvalue weighted by Gasteiger charge is -2.40. The lowest BCUT2D eigenvalue weighted by atomic mass is 10.0. The fourth-order valence-corrected chi connectivity index (χ4v) is 5.47. The molecule has 0 bridgehead atoms. The fourth-order valence-electron chi connectivity index (χ4n) is 4.12. The van der Waals surface area contributed by atoms with Gasteiger partial charge in [-0.3, -0.25) is 4.90 Å². The zero-order chi connectivity index (χ0) is 22.6. The first-order valence-electron chi connectivity index (χ1n) is 10.7. The molecule has 0 aromatic heterocycles. The summed E-state index contributed by atoms with van der Waals surface area (Å²) in [5.41, 5.74) is 1.59. The molecule has 0 saturated carbocycles. The molecular formula is C26H26F3NOS. The average molecular weight is 458 g/mol. The van der Waals surface area contributed by atoms with Crippen LogP contribution in [0.25, 0.3) is 0 Å². The largest absolute Gasteiger partial charge is 0.417 e. The second-order valence-corrected chi connectivity index (χ2v) is 9.12. The van der Waals surface area contributed by atoms with Crippen molar-refractivity contribution >= 4 is 11.8 Å². The second kappa shape index (κ2) is 10.1. The molecule has 3 atom stereocenters. The molecule has 0 radical (unpaired) electrons. The average Bonchev–Trinajstić information content (AvgIpc) is 2.83. The van der Waals surface area contributed by atoms with Crippen molar-refractivity contribution in [1.29, 1.82) is 0 Å². The standard InChI is InChI=1S/C26H26F3NOS/c1-19(20-10-4-2-5-11-20)30-16-17-31-23(18-30)25(21-12-6-3-7-13-21)32-24-15-9-8-14-22(24)26(27,28)29/h2-15,19,23,25H,16-18H2,1H3/t19-,23-,25-/m0/s1. The molecule has 0 aliphatic carbocycles. The molecule has 3 aromatic rings. The van der Waals surface area contributed by atoms with Crippen molar-refractivity contribution in [3.63, 3.8) is 0 Å². The predicted octanol–water partition coefficient (Wildman–Crippen LogP) is 7.00. The highest BCUT2D eigenvalue weighted by atomic mass is 32.2. The highest BCUT2D eigenvalue weighted by Crippen LogP contribution is 2.45. The van der Waals surface area contributed by atoms with E-state index in [-0.39, 0.29) is 22.3 Å². The maximum atomic E-state index is 13.6. The van der Waals surface area contributed by atoms with E-state index >= 15 is 0 Å². The summed E-state index contributed by atoms with van der Waals surface area (Å²) in [6, 6.07) is 26.0. The minimum absolute atomic E-state index is 0.200. The second-order valence-electron chi connectivity index (χ2n) is 7.93. The van der Waals surface area contributed by atoms with Crippen LogP contribution in [0.3, 0.4) is 0 Å². The normalized spacial score (nSPS) is 19.4. The third-order valence-electron chi connectivity index (χ3n) is 5.87. The zero-order valence-electron chi connectivity index (χ0n) is 17.8. The zero-order valence-corrected chi connectivity index (χ0v) is 18.7. The lowest BCUT2D eigenvalue weighted by Crippen LogP contribution is -2.45. The Morgan fingerprint density at radius 2 is 1.47 bits per heavy atom. The topological polar surface area (TPSA) is 12.5 Å². The van der Waals surface area contributed by atoms with Crippen LogP contribution in [-0.2, 0) is 10.9 Å². The van der Waals surface area contributed by atoms with Crippen molar-refractivity contribution in [1.82, 2.24) is 4.90 Å². The monoisotopic (exact) mass is 457 g/mol. The van der Waals surface area contributed by atoms with E-state index in [0.29, 0.717) is 13.2 Å². The highest BCUT2D eigenvalue weighted by molar-refractivity contribution is 7.99. The van der Waals surface area contributed by atoms with Gasteiger partial charge in [0.15, 0.2) is 0 Å². The maximum Gasteiger partial charge on any atom is 0.417 e. The summed E-state index contributed by atoms with van der Waals surface area (Å²) in [7, 11) is 0. The van der Waals surface area contributed by atoms with Crippen LogP contribution in [0, 0.1) is 0 Å². The van der Waals surface area contributed by atoms with Crippen molar-refractivity contribution in [3.8, 4) is 0 Å². The Morgan fingerprint density at radius 1 is 0.875 bits per heavy atom. The number of thioether (sulfide) groups is 1. The van der Waals surface area contributed by atoms with Crippen LogP contribution in [0.5, 0.6) is 0 Å². The van der Waals surface area contributed by atoms with E-state index in [1.165, 1.54) is 23.4 Å². The quantitative estimate of drug-likeness (QED) is 0.370. The van der Waals surface area contributed by atoms with Crippen LogP contribution in [0.4, 0.5) is 13.2 Å². The van der Waals surface area contributed by atoms with Crippen LogP contribution >= 0.6 is 11.8 Å². The van der Waals surface area contributed by atoms with Crippen molar-refractivity contribution < 1.29 is 17.9 Å². The molecule has 3 aromatic carbocycles. The molecule has 2 nitrogen and oxygen atoms in total. The number of ether oxygens (including phenoxy) is 1. The number of rotatable bonds is 6. The summed E-state index contributed by atoms with van der Waals surface area (Å²) in [5, 5.41) is -0.259. The summed E-state index contributed by atoms with van der Waals surface area (Å²) >= 11 is 1.24. The van der Waals surface area contributed by atoms with Gasteiger partial charge in [0.1, 0.15) is 0 Å². The van der Waals surface area contributed by atoms with Crippen LogP contribution in [0.2, 0.25) is 0 Å². The number of hydrogen-bond acceptors (Lipinski definition) is 3. The molecule has 6 heteroatoms. The molecule has 0 spiro atoms. The van der Waals surface area contributed by atoms with Gasteiger partial charge in [0.2, 0.25) is 0 Å². The Morgan fingerprint density at radius 3 is 2.12 bits per heavy atom. The Kier molecular flexibility index (Phi) is 7.23. The first-order valence-corrected chi connectivity index (χ1v) is 11.6. The first-order chi connectivity index (χ1) is 15.4. The molecule has 0 amide bonds. The first kappa shape index (κ1) is 22.9. The number of nitrogens with zero attached hydrogens (tertiary/aromatic N) is 1. The van der Waals surface area contributed by atoms with Gasteiger partial charge < -0.3 is 4.74 Å². The SMILES string of the molecule is C[C@@H](c1ccccc1)N1CCO[C@H]([C@@H](Sc2ccccc2C(F)(F)F)c2ccccc2)C1. The van der Waals surface area contributed by atoms with E-state index in [2.05, 4.69) is 24.0 Å². The number of morpholine rings is 1. The van der Waals surface area contributed by atoms with Gasteiger partial charge in [-0.2, -0.15) is 13.2 Å². The van der Waals surface area contributed by atoms with E-state index < -0.39 is 11.7 Å². The Bertz CT molecular complexity index is 997. The van der Waals surface area contributed by atoms with Crippen molar-refractivity contribution in [2.75, 3.05) is 19.7 Å². The van der Waals surface area contributed by atoms with E-state index in [0.717, 1.165) is 18.2 Å². The Labute approximate surface area is 191 Å². The van der Waals surface area contributed by atoms with Crippen LogP contribution in [0.15, 0.2) is 89.8 Å².